The second-order valence-electron chi connectivity index (χ2n) is 4.80. The Morgan fingerprint density at radius 2 is 2.29 bits per heavy atom. The molecule has 0 aromatic carbocycles. The van der Waals surface area contributed by atoms with Crippen LogP contribution in [0.5, 0.6) is 0 Å². The molecule has 2 aromatic heterocycles. The molecular formula is C15H22N4S2. The van der Waals surface area contributed by atoms with Gasteiger partial charge in [0.05, 0.1) is 6.54 Å². The van der Waals surface area contributed by atoms with Gasteiger partial charge in [-0.25, -0.2) is 4.98 Å². The van der Waals surface area contributed by atoms with Crippen LogP contribution in [0.4, 0.5) is 0 Å². The molecule has 2 heterocycles. The maximum atomic E-state index is 4.40. The number of aliphatic imine (C=N–C) groups is 1. The highest BCUT2D eigenvalue weighted by atomic mass is 32.1. The molecule has 2 N–H and O–H groups in total. The number of nitrogens with zero attached hydrogens (tertiary/aromatic N) is 2. The van der Waals surface area contributed by atoms with Gasteiger partial charge in [0.15, 0.2) is 5.96 Å². The molecule has 0 spiro atoms. The van der Waals surface area contributed by atoms with Crippen LogP contribution in [-0.2, 0) is 13.0 Å². The Kier molecular flexibility index (Phi) is 6.20. The molecule has 1 atom stereocenters. The Labute approximate surface area is 134 Å². The van der Waals surface area contributed by atoms with Gasteiger partial charge >= 0.3 is 0 Å². The minimum atomic E-state index is 0.482. The molecule has 0 bridgehead atoms. The van der Waals surface area contributed by atoms with Crippen molar-refractivity contribution in [2.75, 3.05) is 13.6 Å². The summed E-state index contributed by atoms with van der Waals surface area (Å²) in [6, 6.07) is 4.27. The zero-order valence-corrected chi connectivity index (χ0v) is 14.4. The Morgan fingerprint density at radius 1 is 1.43 bits per heavy atom. The molecule has 0 saturated carbocycles. The van der Waals surface area contributed by atoms with Crippen molar-refractivity contribution in [3.05, 3.63) is 38.5 Å². The average molecular weight is 323 g/mol. The molecule has 114 valence electrons. The normalized spacial score (nSPS) is 13.2. The van der Waals surface area contributed by atoms with E-state index in [0.717, 1.165) is 30.5 Å². The minimum absolute atomic E-state index is 0.482. The monoisotopic (exact) mass is 322 g/mol. The van der Waals surface area contributed by atoms with Gasteiger partial charge in [-0.15, -0.1) is 22.7 Å². The summed E-state index contributed by atoms with van der Waals surface area (Å²) >= 11 is 3.55. The average Bonchev–Trinajstić information content (AvgIpc) is 3.18. The van der Waals surface area contributed by atoms with Crippen molar-refractivity contribution in [1.82, 2.24) is 15.6 Å². The van der Waals surface area contributed by atoms with Crippen LogP contribution >= 0.6 is 22.7 Å². The summed E-state index contributed by atoms with van der Waals surface area (Å²) in [6.07, 6.45) is 3.00. The van der Waals surface area contributed by atoms with Gasteiger partial charge < -0.3 is 10.6 Å². The van der Waals surface area contributed by atoms with E-state index in [9.17, 15) is 0 Å². The Bertz CT molecular complexity index is 560. The first-order chi connectivity index (χ1) is 10.2. The van der Waals surface area contributed by atoms with E-state index in [4.69, 9.17) is 0 Å². The first-order valence-electron chi connectivity index (χ1n) is 7.14. The predicted octanol–water partition coefficient (Wildman–Crippen LogP) is 3.24. The molecule has 0 aliphatic carbocycles. The lowest BCUT2D eigenvalue weighted by atomic mass is 10.1. The molecule has 4 nitrogen and oxygen atoms in total. The lowest BCUT2D eigenvalue weighted by molar-refractivity contribution is 0.708. The van der Waals surface area contributed by atoms with Gasteiger partial charge in [-0.05, 0) is 17.9 Å². The topological polar surface area (TPSA) is 49.3 Å². The van der Waals surface area contributed by atoms with E-state index in [1.807, 2.05) is 6.20 Å². The van der Waals surface area contributed by atoms with Crippen molar-refractivity contribution in [2.24, 2.45) is 4.99 Å². The second-order valence-corrected chi connectivity index (χ2v) is 6.98. The first-order valence-corrected chi connectivity index (χ1v) is 8.84. The van der Waals surface area contributed by atoms with E-state index in [0.29, 0.717) is 5.92 Å². The third kappa shape index (κ3) is 4.82. The van der Waals surface area contributed by atoms with Crippen molar-refractivity contribution in [3.63, 3.8) is 0 Å². The summed E-state index contributed by atoms with van der Waals surface area (Å²) in [7, 11) is 1.80. The molecule has 2 rings (SSSR count). The number of thiophene rings is 1. The van der Waals surface area contributed by atoms with Crippen molar-refractivity contribution in [2.45, 2.75) is 32.7 Å². The largest absolute Gasteiger partial charge is 0.356 e. The minimum Gasteiger partial charge on any atom is -0.356 e. The fourth-order valence-electron chi connectivity index (χ4n) is 1.90. The fraction of sp³-hybridized carbons (Fsp3) is 0.467. The Hall–Kier alpha value is -1.40. The molecular weight excluding hydrogens is 300 g/mol. The van der Waals surface area contributed by atoms with Gasteiger partial charge in [0.2, 0.25) is 0 Å². The third-order valence-corrected chi connectivity index (χ3v) is 5.43. The Morgan fingerprint density at radius 3 is 2.90 bits per heavy atom. The zero-order chi connectivity index (χ0) is 15.1. The molecule has 0 saturated heterocycles. The molecule has 0 aliphatic heterocycles. The van der Waals surface area contributed by atoms with Crippen molar-refractivity contribution in [3.8, 4) is 0 Å². The van der Waals surface area contributed by atoms with E-state index >= 15 is 0 Å². The van der Waals surface area contributed by atoms with Gasteiger partial charge in [-0.1, -0.05) is 19.9 Å². The molecule has 6 heteroatoms. The van der Waals surface area contributed by atoms with E-state index < -0.39 is 0 Å². The van der Waals surface area contributed by atoms with Crippen LogP contribution in [0.1, 0.15) is 34.5 Å². The van der Waals surface area contributed by atoms with Gasteiger partial charge in [0.1, 0.15) is 5.01 Å². The lowest BCUT2D eigenvalue weighted by Gasteiger charge is -2.14. The summed E-state index contributed by atoms with van der Waals surface area (Å²) in [5.74, 6) is 1.31. The van der Waals surface area contributed by atoms with Crippen LogP contribution in [0.15, 0.2) is 28.7 Å². The standard InChI is InChI=1S/C15H22N4S2/c1-4-12-9-17-14(21-12)10-19-15(16-3)18-8-11(2)13-6-5-7-20-13/h5-7,9,11H,4,8,10H2,1-3H3,(H2,16,18,19). The third-order valence-electron chi connectivity index (χ3n) is 3.19. The van der Waals surface area contributed by atoms with Crippen LogP contribution in [0.25, 0.3) is 0 Å². The van der Waals surface area contributed by atoms with Gasteiger partial charge in [-0.2, -0.15) is 0 Å². The molecule has 1 unspecified atom stereocenters. The quantitative estimate of drug-likeness (QED) is 0.634. The zero-order valence-electron chi connectivity index (χ0n) is 12.7. The maximum absolute atomic E-state index is 4.40. The summed E-state index contributed by atoms with van der Waals surface area (Å²) in [6.45, 7) is 5.97. The molecule has 0 radical (unpaired) electrons. The van der Waals surface area contributed by atoms with E-state index in [2.05, 4.69) is 52.0 Å². The molecule has 2 aromatic rings. The summed E-state index contributed by atoms with van der Waals surface area (Å²) in [5.41, 5.74) is 0. The van der Waals surface area contributed by atoms with Crippen LogP contribution in [0, 0.1) is 0 Å². The van der Waals surface area contributed by atoms with Gasteiger partial charge in [-0.3, -0.25) is 4.99 Å². The number of nitrogens with one attached hydrogen (secondary N) is 2. The van der Waals surface area contributed by atoms with Crippen molar-refractivity contribution in [1.29, 1.82) is 0 Å². The molecule has 0 amide bonds. The van der Waals surface area contributed by atoms with Crippen LogP contribution in [-0.4, -0.2) is 24.5 Å². The van der Waals surface area contributed by atoms with Crippen LogP contribution in [0.2, 0.25) is 0 Å². The maximum Gasteiger partial charge on any atom is 0.191 e. The van der Waals surface area contributed by atoms with Crippen molar-refractivity contribution < 1.29 is 0 Å². The molecule has 0 aliphatic rings. The Balaban J connectivity index is 1.78. The van der Waals surface area contributed by atoms with Crippen LogP contribution in [0.3, 0.4) is 0 Å². The SMILES string of the molecule is CCc1cnc(CNC(=NC)NCC(C)c2cccs2)s1. The smallest absolute Gasteiger partial charge is 0.191 e. The number of guanidine groups is 1. The van der Waals surface area contributed by atoms with E-state index in [1.54, 1.807) is 29.7 Å². The second kappa shape index (κ2) is 8.14. The number of rotatable bonds is 6. The van der Waals surface area contributed by atoms with E-state index in [-0.39, 0.29) is 0 Å². The number of hydrogen-bond acceptors (Lipinski definition) is 4. The van der Waals surface area contributed by atoms with Crippen molar-refractivity contribution >= 4 is 28.6 Å². The predicted molar refractivity (Wildman–Crippen MR) is 92.4 cm³/mol. The first kappa shape index (κ1) is 16.0. The number of thiazole rings is 1. The number of aromatic nitrogens is 1. The number of aryl methyl sites for hydroxylation is 1. The fourth-order valence-corrected chi connectivity index (χ4v) is 3.48. The summed E-state index contributed by atoms with van der Waals surface area (Å²) in [4.78, 5) is 11.4. The number of hydrogen-bond donors (Lipinski definition) is 2. The van der Waals surface area contributed by atoms with Gasteiger partial charge in [0.25, 0.3) is 0 Å². The highest BCUT2D eigenvalue weighted by Crippen LogP contribution is 2.19. The highest BCUT2D eigenvalue weighted by molar-refractivity contribution is 7.11. The highest BCUT2D eigenvalue weighted by Gasteiger charge is 2.08. The van der Waals surface area contributed by atoms with Gasteiger partial charge in [0, 0.05) is 35.5 Å². The van der Waals surface area contributed by atoms with Crippen LogP contribution < -0.4 is 10.6 Å². The molecule has 21 heavy (non-hydrogen) atoms. The molecule has 0 fully saturated rings. The van der Waals surface area contributed by atoms with E-state index in [1.165, 1.54) is 9.75 Å². The summed E-state index contributed by atoms with van der Waals surface area (Å²) < 4.78 is 0. The summed E-state index contributed by atoms with van der Waals surface area (Å²) in [5, 5.41) is 9.90. The lowest BCUT2D eigenvalue weighted by Crippen LogP contribution is -2.38.